The average molecular weight is 234 g/mol. The molecule has 1 aromatic carbocycles. The zero-order valence-electron chi connectivity index (χ0n) is 11.6. The highest BCUT2D eigenvalue weighted by Gasteiger charge is 2.00. The molecule has 1 atom stereocenters. The molecule has 2 N–H and O–H groups in total. The first-order valence-corrected chi connectivity index (χ1v) is 6.70. The molecule has 0 aliphatic heterocycles. The smallest absolute Gasteiger partial charge is 0.0342 e. The molecule has 0 radical (unpaired) electrons. The maximum absolute atomic E-state index is 3.51. The Hall–Kier alpha value is -1.02. The Morgan fingerprint density at radius 3 is 2.24 bits per heavy atom. The van der Waals surface area contributed by atoms with E-state index in [-0.39, 0.29) is 0 Å². The lowest BCUT2D eigenvalue weighted by Gasteiger charge is -2.15. The van der Waals surface area contributed by atoms with Gasteiger partial charge in [0.2, 0.25) is 0 Å². The molecule has 1 aromatic rings. The molecule has 0 spiro atoms. The van der Waals surface area contributed by atoms with Crippen LogP contribution in [0.15, 0.2) is 24.3 Å². The van der Waals surface area contributed by atoms with Crippen LogP contribution >= 0.6 is 0 Å². The molecule has 2 heteroatoms. The molecule has 0 amide bonds. The average Bonchev–Trinajstić information content (AvgIpc) is 2.28. The summed E-state index contributed by atoms with van der Waals surface area (Å²) in [5, 5.41) is 6.94. The van der Waals surface area contributed by atoms with Gasteiger partial charge in [0, 0.05) is 24.3 Å². The summed E-state index contributed by atoms with van der Waals surface area (Å²) >= 11 is 0. The molecule has 2 nitrogen and oxygen atoms in total. The van der Waals surface area contributed by atoms with Crippen molar-refractivity contribution in [2.24, 2.45) is 0 Å². The van der Waals surface area contributed by atoms with Crippen LogP contribution in [0.1, 0.15) is 46.1 Å². The number of hydrogen-bond donors (Lipinski definition) is 2. The Kier molecular flexibility index (Phi) is 6.06. The van der Waals surface area contributed by atoms with Crippen molar-refractivity contribution in [1.29, 1.82) is 0 Å². The summed E-state index contributed by atoms with van der Waals surface area (Å²) in [6.07, 6.45) is 2.45. The summed E-state index contributed by atoms with van der Waals surface area (Å²) in [6.45, 7) is 9.74. The minimum absolute atomic E-state index is 0.539. The zero-order valence-corrected chi connectivity index (χ0v) is 11.6. The molecule has 0 aliphatic rings. The summed E-state index contributed by atoms with van der Waals surface area (Å²) in [4.78, 5) is 0. The van der Waals surface area contributed by atoms with Crippen molar-refractivity contribution in [3.05, 3.63) is 29.8 Å². The SMILES string of the molecule is CCCC(C)Nc1ccc(CNC(C)C)cc1. The molecule has 0 saturated carbocycles. The highest BCUT2D eigenvalue weighted by Crippen LogP contribution is 2.12. The number of benzene rings is 1. The second-order valence-electron chi connectivity index (χ2n) is 5.07. The van der Waals surface area contributed by atoms with Crippen LogP contribution in [0.3, 0.4) is 0 Å². The van der Waals surface area contributed by atoms with Crippen molar-refractivity contribution < 1.29 is 0 Å². The molecule has 17 heavy (non-hydrogen) atoms. The predicted molar refractivity (Wildman–Crippen MR) is 76.4 cm³/mol. The van der Waals surface area contributed by atoms with E-state index in [2.05, 4.69) is 62.6 Å². The number of anilines is 1. The molecular formula is C15H26N2. The number of hydrogen-bond acceptors (Lipinski definition) is 2. The quantitative estimate of drug-likeness (QED) is 0.750. The van der Waals surface area contributed by atoms with Gasteiger partial charge in [0.15, 0.2) is 0 Å². The minimum atomic E-state index is 0.539. The van der Waals surface area contributed by atoms with Gasteiger partial charge in [0.25, 0.3) is 0 Å². The fraction of sp³-hybridized carbons (Fsp3) is 0.600. The van der Waals surface area contributed by atoms with Gasteiger partial charge < -0.3 is 10.6 Å². The largest absolute Gasteiger partial charge is 0.383 e. The van der Waals surface area contributed by atoms with E-state index in [1.165, 1.54) is 24.1 Å². The lowest BCUT2D eigenvalue weighted by molar-refractivity contribution is 0.589. The summed E-state index contributed by atoms with van der Waals surface area (Å²) in [5.74, 6) is 0. The van der Waals surface area contributed by atoms with E-state index in [1.54, 1.807) is 0 Å². The van der Waals surface area contributed by atoms with Gasteiger partial charge in [-0.3, -0.25) is 0 Å². The van der Waals surface area contributed by atoms with Gasteiger partial charge >= 0.3 is 0 Å². The van der Waals surface area contributed by atoms with Crippen LogP contribution in [0.25, 0.3) is 0 Å². The second-order valence-corrected chi connectivity index (χ2v) is 5.07. The Morgan fingerprint density at radius 2 is 1.71 bits per heavy atom. The number of nitrogens with one attached hydrogen (secondary N) is 2. The van der Waals surface area contributed by atoms with Crippen molar-refractivity contribution in [2.45, 2.75) is 59.2 Å². The Morgan fingerprint density at radius 1 is 1.06 bits per heavy atom. The van der Waals surface area contributed by atoms with Crippen molar-refractivity contribution in [3.8, 4) is 0 Å². The highest BCUT2D eigenvalue weighted by atomic mass is 14.9. The molecule has 0 aromatic heterocycles. The molecule has 0 heterocycles. The standard InChI is InChI=1S/C15H26N2/c1-5-6-13(4)17-15-9-7-14(8-10-15)11-16-12(2)3/h7-10,12-13,16-17H,5-6,11H2,1-4H3. The fourth-order valence-electron chi connectivity index (χ4n) is 1.83. The van der Waals surface area contributed by atoms with Crippen molar-refractivity contribution in [3.63, 3.8) is 0 Å². The van der Waals surface area contributed by atoms with Crippen LogP contribution < -0.4 is 10.6 Å². The monoisotopic (exact) mass is 234 g/mol. The third-order valence-corrected chi connectivity index (χ3v) is 2.80. The molecule has 1 rings (SSSR count). The number of rotatable bonds is 7. The van der Waals surface area contributed by atoms with Gasteiger partial charge in [-0.2, -0.15) is 0 Å². The van der Waals surface area contributed by atoms with Gasteiger partial charge in [0.1, 0.15) is 0 Å². The topological polar surface area (TPSA) is 24.1 Å². The van der Waals surface area contributed by atoms with Gasteiger partial charge in [-0.1, -0.05) is 39.3 Å². The van der Waals surface area contributed by atoms with Gasteiger partial charge in [-0.05, 0) is 31.0 Å². The van der Waals surface area contributed by atoms with E-state index >= 15 is 0 Å². The van der Waals surface area contributed by atoms with E-state index < -0.39 is 0 Å². The van der Waals surface area contributed by atoms with Crippen molar-refractivity contribution in [2.75, 3.05) is 5.32 Å². The highest BCUT2D eigenvalue weighted by molar-refractivity contribution is 5.45. The first-order valence-electron chi connectivity index (χ1n) is 6.70. The minimum Gasteiger partial charge on any atom is -0.383 e. The predicted octanol–water partition coefficient (Wildman–Crippen LogP) is 3.79. The first kappa shape index (κ1) is 14.0. The van der Waals surface area contributed by atoms with E-state index in [9.17, 15) is 0 Å². The van der Waals surface area contributed by atoms with Gasteiger partial charge in [-0.15, -0.1) is 0 Å². The molecule has 0 aliphatic carbocycles. The normalized spacial score (nSPS) is 12.8. The fourth-order valence-corrected chi connectivity index (χ4v) is 1.83. The van der Waals surface area contributed by atoms with E-state index in [4.69, 9.17) is 0 Å². The van der Waals surface area contributed by atoms with E-state index in [0.29, 0.717) is 12.1 Å². The maximum atomic E-state index is 3.51. The Bertz CT molecular complexity index is 303. The first-order chi connectivity index (χ1) is 8.11. The maximum Gasteiger partial charge on any atom is 0.0342 e. The molecule has 96 valence electrons. The van der Waals surface area contributed by atoms with Gasteiger partial charge in [0.05, 0.1) is 0 Å². The van der Waals surface area contributed by atoms with Crippen LogP contribution in [-0.2, 0) is 6.54 Å². The van der Waals surface area contributed by atoms with Crippen LogP contribution in [0.2, 0.25) is 0 Å². The summed E-state index contributed by atoms with van der Waals surface area (Å²) in [7, 11) is 0. The van der Waals surface area contributed by atoms with Gasteiger partial charge in [-0.25, -0.2) is 0 Å². The molecule has 0 bridgehead atoms. The van der Waals surface area contributed by atoms with Crippen LogP contribution in [-0.4, -0.2) is 12.1 Å². The molecular weight excluding hydrogens is 208 g/mol. The van der Waals surface area contributed by atoms with Crippen LogP contribution in [0.5, 0.6) is 0 Å². The second kappa shape index (κ2) is 7.33. The summed E-state index contributed by atoms with van der Waals surface area (Å²) in [6, 6.07) is 9.82. The summed E-state index contributed by atoms with van der Waals surface area (Å²) < 4.78 is 0. The van der Waals surface area contributed by atoms with Crippen LogP contribution in [0, 0.1) is 0 Å². The van der Waals surface area contributed by atoms with Crippen molar-refractivity contribution in [1.82, 2.24) is 5.32 Å². The summed E-state index contributed by atoms with van der Waals surface area (Å²) in [5.41, 5.74) is 2.56. The Labute approximate surface area is 106 Å². The lowest BCUT2D eigenvalue weighted by atomic mass is 10.1. The molecule has 0 saturated heterocycles. The lowest BCUT2D eigenvalue weighted by Crippen LogP contribution is -2.21. The van der Waals surface area contributed by atoms with Crippen molar-refractivity contribution >= 4 is 5.69 Å². The van der Waals surface area contributed by atoms with E-state index in [0.717, 1.165) is 6.54 Å². The zero-order chi connectivity index (χ0) is 12.7. The molecule has 1 unspecified atom stereocenters. The molecule has 0 fully saturated rings. The van der Waals surface area contributed by atoms with E-state index in [1.807, 2.05) is 0 Å². The third kappa shape index (κ3) is 5.73. The third-order valence-electron chi connectivity index (χ3n) is 2.80. The Balaban J connectivity index is 2.44. The van der Waals surface area contributed by atoms with Crippen LogP contribution in [0.4, 0.5) is 5.69 Å².